The molecule has 1 aliphatic rings. The van der Waals surface area contributed by atoms with Gasteiger partial charge < -0.3 is 10.6 Å². The molecule has 0 bridgehead atoms. The van der Waals surface area contributed by atoms with Crippen molar-refractivity contribution in [2.75, 3.05) is 19.6 Å². The van der Waals surface area contributed by atoms with E-state index in [1.54, 1.807) is 0 Å². The monoisotopic (exact) mass is 273 g/mol. The van der Waals surface area contributed by atoms with Crippen LogP contribution in [0.15, 0.2) is 30.3 Å². The average molecular weight is 273 g/mol. The van der Waals surface area contributed by atoms with Gasteiger partial charge in [-0.25, -0.2) is 0 Å². The maximum atomic E-state index is 7.67. The van der Waals surface area contributed by atoms with Crippen LogP contribution in [0, 0.1) is 10.8 Å². The molecule has 0 aliphatic carbocycles. The van der Waals surface area contributed by atoms with Crippen molar-refractivity contribution in [1.29, 1.82) is 5.41 Å². The van der Waals surface area contributed by atoms with Crippen LogP contribution in [0.3, 0.4) is 0 Å². The molecule has 0 atom stereocenters. The van der Waals surface area contributed by atoms with Gasteiger partial charge in [0, 0.05) is 5.41 Å². The molecule has 1 aliphatic heterocycles. The molecule has 1 heterocycles. The summed E-state index contributed by atoms with van der Waals surface area (Å²) in [6.45, 7) is 5.48. The van der Waals surface area contributed by atoms with Crippen molar-refractivity contribution in [3.8, 4) is 0 Å². The van der Waals surface area contributed by atoms with Gasteiger partial charge in [0.15, 0.2) is 0 Å². The van der Waals surface area contributed by atoms with E-state index in [0.717, 1.165) is 25.9 Å². The molecule has 1 saturated heterocycles. The van der Waals surface area contributed by atoms with Crippen LogP contribution in [0.5, 0.6) is 0 Å². The summed E-state index contributed by atoms with van der Waals surface area (Å²) < 4.78 is 0. The smallest absolute Gasteiger partial charge is 0.0966 e. The standard InChI is InChI=1S/C17H27N3/c1-17(16(18)19)10-13-20(14-11-17)12-6-5-9-15-7-3-2-4-8-15/h2-4,7-8H,5-6,9-14H2,1H3,(H3,18,19). The maximum absolute atomic E-state index is 7.67. The predicted molar refractivity (Wildman–Crippen MR) is 85.1 cm³/mol. The Balaban J connectivity index is 1.63. The second kappa shape index (κ2) is 6.89. The molecule has 0 radical (unpaired) electrons. The fraction of sp³-hybridized carbons (Fsp3) is 0.588. The molecule has 3 N–H and O–H groups in total. The molecular weight excluding hydrogens is 246 g/mol. The van der Waals surface area contributed by atoms with Crippen molar-refractivity contribution in [3.63, 3.8) is 0 Å². The lowest BCUT2D eigenvalue weighted by atomic mass is 9.79. The molecule has 0 aromatic heterocycles. The van der Waals surface area contributed by atoms with Gasteiger partial charge in [-0.05, 0) is 57.3 Å². The molecular formula is C17H27N3. The van der Waals surface area contributed by atoms with Crippen molar-refractivity contribution in [2.45, 2.75) is 39.0 Å². The van der Waals surface area contributed by atoms with Crippen LogP contribution < -0.4 is 5.73 Å². The Morgan fingerprint density at radius 3 is 2.45 bits per heavy atom. The molecule has 0 spiro atoms. The first-order valence-corrected chi connectivity index (χ1v) is 7.71. The van der Waals surface area contributed by atoms with Crippen LogP contribution in [0.2, 0.25) is 0 Å². The van der Waals surface area contributed by atoms with Gasteiger partial charge in [0.25, 0.3) is 0 Å². The lowest BCUT2D eigenvalue weighted by molar-refractivity contribution is 0.160. The van der Waals surface area contributed by atoms with E-state index in [4.69, 9.17) is 11.1 Å². The number of hydrogen-bond acceptors (Lipinski definition) is 2. The molecule has 0 amide bonds. The van der Waals surface area contributed by atoms with Gasteiger partial charge in [-0.1, -0.05) is 37.3 Å². The summed E-state index contributed by atoms with van der Waals surface area (Å²) >= 11 is 0. The summed E-state index contributed by atoms with van der Waals surface area (Å²) in [5, 5.41) is 7.67. The minimum Gasteiger partial charge on any atom is -0.387 e. The number of nitrogens with one attached hydrogen (secondary N) is 1. The van der Waals surface area contributed by atoms with Crippen LogP contribution >= 0.6 is 0 Å². The molecule has 1 aromatic carbocycles. The zero-order chi connectivity index (χ0) is 14.4. The first kappa shape index (κ1) is 15.0. The number of hydrogen-bond donors (Lipinski definition) is 2. The second-order valence-electron chi connectivity index (χ2n) is 6.26. The van der Waals surface area contributed by atoms with E-state index in [1.807, 2.05) is 0 Å². The van der Waals surface area contributed by atoms with Gasteiger partial charge in [-0.3, -0.25) is 5.41 Å². The van der Waals surface area contributed by atoms with E-state index < -0.39 is 0 Å². The summed E-state index contributed by atoms with van der Waals surface area (Å²) in [4.78, 5) is 2.52. The Bertz CT molecular complexity index is 419. The summed E-state index contributed by atoms with van der Waals surface area (Å²) in [5.41, 5.74) is 7.08. The number of benzene rings is 1. The molecule has 0 unspecified atom stereocenters. The van der Waals surface area contributed by atoms with Gasteiger partial charge >= 0.3 is 0 Å². The quantitative estimate of drug-likeness (QED) is 0.475. The van der Waals surface area contributed by atoms with E-state index in [9.17, 15) is 0 Å². The van der Waals surface area contributed by atoms with Crippen LogP contribution in [-0.4, -0.2) is 30.4 Å². The minimum atomic E-state index is -0.0550. The average Bonchev–Trinajstić information content (AvgIpc) is 2.46. The lowest BCUT2D eigenvalue weighted by Crippen LogP contribution is -2.45. The van der Waals surface area contributed by atoms with Crippen molar-refractivity contribution >= 4 is 5.84 Å². The normalized spacial score (nSPS) is 18.9. The van der Waals surface area contributed by atoms with Gasteiger partial charge in [-0.15, -0.1) is 0 Å². The van der Waals surface area contributed by atoms with Crippen molar-refractivity contribution in [1.82, 2.24) is 4.90 Å². The van der Waals surface area contributed by atoms with E-state index in [-0.39, 0.29) is 5.41 Å². The molecule has 20 heavy (non-hydrogen) atoms. The third-order valence-electron chi connectivity index (χ3n) is 4.64. The van der Waals surface area contributed by atoms with Crippen molar-refractivity contribution in [3.05, 3.63) is 35.9 Å². The summed E-state index contributed by atoms with van der Waals surface area (Å²) in [6, 6.07) is 10.7. The minimum absolute atomic E-state index is 0.0550. The Kier molecular flexibility index (Phi) is 5.18. The first-order valence-electron chi connectivity index (χ1n) is 7.71. The number of rotatable bonds is 6. The summed E-state index contributed by atoms with van der Waals surface area (Å²) in [6.07, 6.45) is 5.75. The topological polar surface area (TPSA) is 53.1 Å². The van der Waals surface area contributed by atoms with Crippen molar-refractivity contribution < 1.29 is 0 Å². The fourth-order valence-electron chi connectivity index (χ4n) is 2.85. The number of unbranched alkanes of at least 4 members (excludes halogenated alkanes) is 1. The molecule has 3 nitrogen and oxygen atoms in total. The highest BCUT2D eigenvalue weighted by molar-refractivity contribution is 5.83. The van der Waals surface area contributed by atoms with Crippen molar-refractivity contribution in [2.24, 2.45) is 11.1 Å². The zero-order valence-electron chi connectivity index (χ0n) is 12.6. The summed E-state index contributed by atoms with van der Waals surface area (Å²) in [5.74, 6) is 0.362. The Morgan fingerprint density at radius 1 is 1.20 bits per heavy atom. The Labute approximate surface area is 122 Å². The highest BCUT2D eigenvalue weighted by Crippen LogP contribution is 2.30. The Hall–Kier alpha value is -1.35. The number of aryl methyl sites for hydroxylation is 1. The molecule has 2 rings (SSSR count). The van der Waals surface area contributed by atoms with E-state index in [1.165, 1.54) is 31.4 Å². The maximum Gasteiger partial charge on any atom is 0.0966 e. The fourth-order valence-corrected chi connectivity index (χ4v) is 2.85. The number of nitrogens with zero attached hydrogens (tertiary/aromatic N) is 1. The van der Waals surface area contributed by atoms with E-state index >= 15 is 0 Å². The highest BCUT2D eigenvalue weighted by Gasteiger charge is 2.32. The molecule has 110 valence electrons. The molecule has 1 fully saturated rings. The largest absolute Gasteiger partial charge is 0.387 e. The third kappa shape index (κ3) is 4.07. The Morgan fingerprint density at radius 2 is 1.85 bits per heavy atom. The molecule has 0 saturated carbocycles. The number of piperidine rings is 1. The van der Waals surface area contributed by atoms with Crippen LogP contribution in [-0.2, 0) is 6.42 Å². The SMILES string of the molecule is CC1(C(=N)N)CCN(CCCCc2ccccc2)CC1. The van der Waals surface area contributed by atoms with Crippen LogP contribution in [0.4, 0.5) is 0 Å². The van der Waals surface area contributed by atoms with Gasteiger partial charge in [0.1, 0.15) is 0 Å². The van der Waals surface area contributed by atoms with Gasteiger partial charge in [-0.2, -0.15) is 0 Å². The van der Waals surface area contributed by atoms with Gasteiger partial charge in [0.05, 0.1) is 5.84 Å². The van der Waals surface area contributed by atoms with E-state index in [0.29, 0.717) is 5.84 Å². The lowest BCUT2D eigenvalue weighted by Gasteiger charge is -2.38. The predicted octanol–water partition coefficient (Wildman–Crippen LogP) is 3.05. The third-order valence-corrected chi connectivity index (χ3v) is 4.64. The van der Waals surface area contributed by atoms with E-state index in [2.05, 4.69) is 42.2 Å². The van der Waals surface area contributed by atoms with Crippen LogP contribution in [0.25, 0.3) is 0 Å². The number of amidine groups is 1. The van der Waals surface area contributed by atoms with Gasteiger partial charge in [0.2, 0.25) is 0 Å². The highest BCUT2D eigenvalue weighted by atomic mass is 15.1. The molecule has 1 aromatic rings. The zero-order valence-corrected chi connectivity index (χ0v) is 12.6. The number of likely N-dealkylation sites (tertiary alicyclic amines) is 1. The molecule has 3 heteroatoms. The first-order chi connectivity index (χ1) is 9.60. The van der Waals surface area contributed by atoms with Crippen LogP contribution in [0.1, 0.15) is 38.2 Å². The number of nitrogens with two attached hydrogens (primary N) is 1. The second-order valence-corrected chi connectivity index (χ2v) is 6.26. The summed E-state index contributed by atoms with van der Waals surface area (Å²) in [7, 11) is 0.